The van der Waals surface area contributed by atoms with Crippen LogP contribution in [0.25, 0.3) is 0 Å². The summed E-state index contributed by atoms with van der Waals surface area (Å²) in [5.41, 5.74) is 0.219. The lowest BCUT2D eigenvalue weighted by molar-refractivity contribution is 0.0526. The fourth-order valence-electron chi connectivity index (χ4n) is 1.95. The molecular weight excluding hydrogens is 381 g/mol. The third-order valence-electron chi connectivity index (χ3n) is 2.92. The first-order valence-electron chi connectivity index (χ1n) is 6.71. The number of carbonyl (C=O) groups excluding carboxylic acids is 1. The van der Waals surface area contributed by atoms with Gasteiger partial charge in [-0.3, -0.25) is 0 Å². The predicted molar refractivity (Wildman–Crippen MR) is 86.2 cm³/mol. The lowest BCUT2D eigenvalue weighted by Crippen LogP contribution is -2.12. The van der Waals surface area contributed by atoms with Crippen molar-refractivity contribution in [1.29, 1.82) is 0 Å². The van der Waals surface area contributed by atoms with Crippen LogP contribution in [0.15, 0.2) is 21.6 Å². The summed E-state index contributed by atoms with van der Waals surface area (Å²) in [6, 6.07) is 2.42. The number of aromatic nitrogens is 1. The van der Waals surface area contributed by atoms with Gasteiger partial charge in [0, 0.05) is 0 Å². The largest absolute Gasteiger partial charge is 0.462 e. The van der Waals surface area contributed by atoms with Gasteiger partial charge in [0.2, 0.25) is 0 Å². The van der Waals surface area contributed by atoms with Gasteiger partial charge in [0.1, 0.15) is 5.69 Å². The fourth-order valence-corrected chi connectivity index (χ4v) is 3.88. The Morgan fingerprint density at radius 1 is 1.25 bits per heavy atom. The first kappa shape index (κ1) is 18.6. The molecular formula is C14H13Cl2NO6S. The fraction of sp³-hybridized carbons (Fsp3) is 0.286. The second-order valence-corrected chi connectivity index (χ2v) is 6.98. The number of rotatable bonds is 5. The summed E-state index contributed by atoms with van der Waals surface area (Å²) in [4.78, 5) is 11.5. The average molecular weight is 394 g/mol. The van der Waals surface area contributed by atoms with E-state index in [4.69, 9.17) is 36.6 Å². The quantitative estimate of drug-likeness (QED) is 0.565. The molecule has 1 aromatic heterocycles. The number of benzene rings is 1. The highest BCUT2D eigenvalue weighted by atomic mass is 35.5. The summed E-state index contributed by atoms with van der Waals surface area (Å²) in [6.45, 7) is 4.71. The first-order valence-corrected chi connectivity index (χ1v) is 8.87. The predicted octanol–water partition coefficient (Wildman–Crippen LogP) is 3.54. The maximum Gasteiger partial charge on any atom is 0.344 e. The number of aryl methyl sites for hydroxylation is 2. The van der Waals surface area contributed by atoms with Crippen LogP contribution in [-0.2, 0) is 14.9 Å². The third-order valence-corrected chi connectivity index (χ3v) is 4.95. The van der Waals surface area contributed by atoms with Crippen LogP contribution in [-0.4, -0.2) is 26.2 Å². The molecule has 24 heavy (non-hydrogen) atoms. The summed E-state index contributed by atoms with van der Waals surface area (Å²) >= 11 is 12.0. The van der Waals surface area contributed by atoms with Crippen molar-refractivity contribution in [3.63, 3.8) is 0 Å². The second kappa shape index (κ2) is 7.00. The molecule has 0 aliphatic rings. The maximum atomic E-state index is 12.4. The molecule has 0 atom stereocenters. The van der Waals surface area contributed by atoms with E-state index in [0.29, 0.717) is 0 Å². The van der Waals surface area contributed by atoms with Crippen molar-refractivity contribution in [1.82, 2.24) is 5.16 Å². The Labute approximate surface area is 148 Å². The Balaban J connectivity index is 2.42. The second-order valence-electron chi connectivity index (χ2n) is 4.68. The SMILES string of the molecule is CCOC(=O)c1cc(Cl)c(OS(=O)(=O)c2c(C)noc2C)c(Cl)c1. The summed E-state index contributed by atoms with van der Waals surface area (Å²) in [6.07, 6.45) is 0. The van der Waals surface area contributed by atoms with Crippen LogP contribution in [0, 0.1) is 13.8 Å². The number of nitrogens with zero attached hydrogens (tertiary/aromatic N) is 1. The van der Waals surface area contributed by atoms with Gasteiger partial charge in [-0.05, 0) is 32.9 Å². The summed E-state index contributed by atoms with van der Waals surface area (Å²) in [7, 11) is -4.26. The van der Waals surface area contributed by atoms with Gasteiger partial charge in [0.05, 0.1) is 22.2 Å². The lowest BCUT2D eigenvalue weighted by Gasteiger charge is -2.11. The molecule has 2 aromatic rings. The highest BCUT2D eigenvalue weighted by molar-refractivity contribution is 7.87. The maximum absolute atomic E-state index is 12.4. The van der Waals surface area contributed by atoms with Crippen molar-refractivity contribution in [3.05, 3.63) is 39.2 Å². The van der Waals surface area contributed by atoms with Crippen molar-refractivity contribution in [2.24, 2.45) is 0 Å². The van der Waals surface area contributed by atoms with E-state index in [1.165, 1.54) is 26.0 Å². The van der Waals surface area contributed by atoms with Crippen LogP contribution in [0.2, 0.25) is 10.0 Å². The van der Waals surface area contributed by atoms with Gasteiger partial charge < -0.3 is 13.4 Å². The van der Waals surface area contributed by atoms with E-state index in [-0.39, 0.29) is 44.3 Å². The standard InChI is InChI=1S/C14H13Cl2NO6S/c1-4-21-14(18)9-5-10(15)12(11(16)6-9)23-24(19,20)13-7(2)17-22-8(13)3/h5-6H,4H2,1-3H3. The van der Waals surface area contributed by atoms with Crippen LogP contribution < -0.4 is 4.18 Å². The van der Waals surface area contributed by atoms with E-state index >= 15 is 0 Å². The lowest BCUT2D eigenvalue weighted by atomic mass is 10.2. The monoisotopic (exact) mass is 393 g/mol. The van der Waals surface area contributed by atoms with E-state index in [9.17, 15) is 13.2 Å². The molecule has 0 aliphatic heterocycles. The third kappa shape index (κ3) is 3.66. The van der Waals surface area contributed by atoms with E-state index in [0.717, 1.165) is 0 Å². The number of esters is 1. The van der Waals surface area contributed by atoms with Crippen LogP contribution in [0.3, 0.4) is 0 Å². The normalized spacial score (nSPS) is 11.4. The molecule has 1 aromatic carbocycles. The topological polar surface area (TPSA) is 95.7 Å². The Morgan fingerprint density at radius 2 is 1.83 bits per heavy atom. The molecule has 0 saturated carbocycles. The summed E-state index contributed by atoms with van der Waals surface area (Å²) < 4.78 is 39.5. The Morgan fingerprint density at radius 3 is 2.29 bits per heavy atom. The zero-order chi connectivity index (χ0) is 18.1. The molecule has 10 heteroatoms. The Bertz CT molecular complexity index is 848. The minimum atomic E-state index is -4.26. The van der Waals surface area contributed by atoms with Gasteiger partial charge in [0.15, 0.2) is 16.4 Å². The van der Waals surface area contributed by atoms with Crippen LogP contribution >= 0.6 is 23.2 Å². The number of hydrogen-bond donors (Lipinski definition) is 0. The molecule has 0 unspecified atom stereocenters. The van der Waals surface area contributed by atoms with Gasteiger partial charge in [0.25, 0.3) is 0 Å². The van der Waals surface area contributed by atoms with Crippen molar-refractivity contribution in [2.45, 2.75) is 25.7 Å². The molecule has 0 aliphatic carbocycles. The molecule has 0 amide bonds. The smallest absolute Gasteiger partial charge is 0.344 e. The number of hydrogen-bond acceptors (Lipinski definition) is 7. The van der Waals surface area contributed by atoms with Crippen molar-refractivity contribution >= 4 is 39.3 Å². The zero-order valence-corrected chi connectivity index (χ0v) is 15.3. The van der Waals surface area contributed by atoms with Crippen molar-refractivity contribution in [3.8, 4) is 5.75 Å². The summed E-state index contributed by atoms with van der Waals surface area (Å²) in [5.74, 6) is -0.865. The molecule has 2 rings (SSSR count). The van der Waals surface area contributed by atoms with Gasteiger partial charge >= 0.3 is 16.1 Å². The molecule has 0 spiro atoms. The highest BCUT2D eigenvalue weighted by Crippen LogP contribution is 2.37. The number of ether oxygens (including phenoxy) is 1. The van der Waals surface area contributed by atoms with Gasteiger partial charge in [-0.2, -0.15) is 8.42 Å². The first-order chi connectivity index (χ1) is 11.2. The van der Waals surface area contributed by atoms with E-state index in [2.05, 4.69) is 5.16 Å². The van der Waals surface area contributed by atoms with Gasteiger partial charge in [-0.25, -0.2) is 4.79 Å². The molecule has 0 saturated heterocycles. The van der Waals surface area contributed by atoms with Gasteiger partial charge in [-0.1, -0.05) is 28.4 Å². The van der Waals surface area contributed by atoms with Gasteiger partial charge in [-0.15, -0.1) is 0 Å². The molecule has 0 fully saturated rings. The molecule has 0 bridgehead atoms. The molecule has 0 radical (unpaired) electrons. The average Bonchev–Trinajstić information content (AvgIpc) is 2.82. The molecule has 7 nitrogen and oxygen atoms in total. The van der Waals surface area contributed by atoms with Crippen LogP contribution in [0.1, 0.15) is 28.7 Å². The minimum Gasteiger partial charge on any atom is -0.462 e. The number of halogens is 2. The number of carbonyl (C=O) groups is 1. The molecule has 1 heterocycles. The highest BCUT2D eigenvalue weighted by Gasteiger charge is 2.28. The molecule has 130 valence electrons. The minimum absolute atomic E-state index is 0.0721. The van der Waals surface area contributed by atoms with Crippen molar-refractivity contribution < 1.29 is 26.7 Å². The molecule has 0 N–H and O–H groups in total. The Hall–Kier alpha value is -1.77. The van der Waals surface area contributed by atoms with E-state index < -0.39 is 16.1 Å². The summed E-state index contributed by atoms with van der Waals surface area (Å²) in [5, 5.41) is 3.26. The van der Waals surface area contributed by atoms with Crippen molar-refractivity contribution in [2.75, 3.05) is 6.61 Å². The zero-order valence-electron chi connectivity index (χ0n) is 12.9. The Kier molecular flexibility index (Phi) is 5.42. The van der Waals surface area contributed by atoms with E-state index in [1.807, 2.05) is 0 Å². The van der Waals surface area contributed by atoms with Crippen LogP contribution in [0.5, 0.6) is 5.75 Å². The van der Waals surface area contributed by atoms with E-state index in [1.54, 1.807) is 6.92 Å². The van der Waals surface area contributed by atoms with Crippen LogP contribution in [0.4, 0.5) is 0 Å².